The lowest BCUT2D eigenvalue weighted by Crippen LogP contribution is -2.33. The van der Waals surface area contributed by atoms with Crippen LogP contribution in [0.1, 0.15) is 46.0 Å². The molecule has 1 aromatic heterocycles. The van der Waals surface area contributed by atoms with Gasteiger partial charge in [0.05, 0.1) is 21.6 Å². The van der Waals surface area contributed by atoms with Crippen LogP contribution in [0.4, 0.5) is 5.82 Å². The van der Waals surface area contributed by atoms with Gasteiger partial charge in [0, 0.05) is 20.1 Å². The third kappa shape index (κ3) is 7.85. The molecule has 38 heavy (non-hydrogen) atoms. The van der Waals surface area contributed by atoms with E-state index in [-0.39, 0.29) is 11.8 Å². The topological polar surface area (TPSA) is 99.5 Å². The van der Waals surface area contributed by atoms with E-state index in [9.17, 15) is 8.42 Å². The van der Waals surface area contributed by atoms with Crippen molar-refractivity contribution in [3.63, 3.8) is 0 Å². The number of allylic oxidation sites excluding steroid dienone is 8. The van der Waals surface area contributed by atoms with Crippen molar-refractivity contribution in [1.29, 1.82) is 0 Å². The number of halogens is 1. The molecule has 3 rings (SSSR count). The van der Waals surface area contributed by atoms with Gasteiger partial charge >= 0.3 is 0 Å². The molecule has 0 amide bonds. The number of hydrogen-bond donors (Lipinski definition) is 3. The molecule has 206 valence electrons. The number of aromatic nitrogens is 2. The normalized spacial score (nSPS) is 18.0. The van der Waals surface area contributed by atoms with Crippen LogP contribution in [0.15, 0.2) is 87.7 Å². The molecule has 8 nitrogen and oxygen atoms in total. The fourth-order valence-electron chi connectivity index (χ4n) is 4.32. The highest BCUT2D eigenvalue weighted by Crippen LogP contribution is 2.30. The summed E-state index contributed by atoms with van der Waals surface area (Å²) in [6, 6.07) is 0.0815. The molecule has 0 saturated carbocycles. The average molecular weight is 605 g/mol. The second-order valence-electron chi connectivity index (χ2n) is 9.38. The summed E-state index contributed by atoms with van der Waals surface area (Å²) >= 11 is 3.56. The highest BCUT2D eigenvalue weighted by molar-refractivity contribution is 9.10. The van der Waals surface area contributed by atoms with Gasteiger partial charge < -0.3 is 15.7 Å². The third-order valence-corrected chi connectivity index (χ3v) is 9.01. The molecule has 1 atom stereocenters. The van der Waals surface area contributed by atoms with Crippen LogP contribution in [0.2, 0.25) is 0 Å². The number of nitrogens with one attached hydrogen (secondary N) is 2. The summed E-state index contributed by atoms with van der Waals surface area (Å²) in [5.74, 6) is 1.81. The van der Waals surface area contributed by atoms with Crippen molar-refractivity contribution in [2.24, 2.45) is 0 Å². The SMILES string of the molecule is C=C(O)/C=C\CC/C=C\CC1C=C(NCCCN(C)S(=O)(=O)C2=C(C)C=CCC=C2C)n2ncc(Br)c2N1. The first-order chi connectivity index (χ1) is 18.1. The van der Waals surface area contributed by atoms with Crippen LogP contribution < -0.4 is 10.6 Å². The maximum absolute atomic E-state index is 13.3. The number of rotatable bonds is 13. The minimum absolute atomic E-state index is 0.0674. The fraction of sp³-hybridized carbons (Fsp3) is 0.393. The van der Waals surface area contributed by atoms with Crippen LogP contribution in [0.5, 0.6) is 0 Å². The van der Waals surface area contributed by atoms with E-state index in [0.29, 0.717) is 24.4 Å². The van der Waals surface area contributed by atoms with E-state index in [1.165, 1.54) is 4.31 Å². The number of aliphatic hydroxyl groups is 1. The van der Waals surface area contributed by atoms with Crippen molar-refractivity contribution in [3.05, 3.63) is 87.7 Å². The number of nitrogens with zero attached hydrogens (tertiary/aromatic N) is 3. The molecule has 0 aromatic carbocycles. The molecule has 0 bridgehead atoms. The minimum atomic E-state index is -3.58. The molecule has 0 radical (unpaired) electrons. The number of aliphatic hydroxyl groups excluding tert-OH is 1. The summed E-state index contributed by atoms with van der Waals surface area (Å²) in [5, 5.41) is 20.5. The monoisotopic (exact) mass is 603 g/mol. The highest BCUT2D eigenvalue weighted by atomic mass is 79.9. The molecule has 1 aliphatic heterocycles. The second kappa shape index (κ2) is 13.8. The highest BCUT2D eigenvalue weighted by Gasteiger charge is 2.27. The molecule has 1 aromatic rings. The van der Waals surface area contributed by atoms with Crippen molar-refractivity contribution in [1.82, 2.24) is 19.4 Å². The number of fused-ring (bicyclic) bond motifs is 1. The van der Waals surface area contributed by atoms with Crippen molar-refractivity contribution in [2.75, 3.05) is 25.5 Å². The lowest BCUT2D eigenvalue weighted by atomic mass is 10.1. The van der Waals surface area contributed by atoms with Crippen LogP contribution in [-0.2, 0) is 10.0 Å². The van der Waals surface area contributed by atoms with E-state index in [2.05, 4.69) is 56.5 Å². The Morgan fingerprint density at radius 3 is 2.87 bits per heavy atom. The first-order valence-corrected chi connectivity index (χ1v) is 15.0. The van der Waals surface area contributed by atoms with Gasteiger partial charge in [0.1, 0.15) is 17.4 Å². The van der Waals surface area contributed by atoms with Gasteiger partial charge in [0.15, 0.2) is 0 Å². The number of sulfonamides is 1. The van der Waals surface area contributed by atoms with Crippen molar-refractivity contribution < 1.29 is 13.5 Å². The average Bonchev–Trinajstić information content (AvgIpc) is 3.14. The Labute approximate surface area is 235 Å². The maximum Gasteiger partial charge on any atom is 0.243 e. The predicted molar refractivity (Wildman–Crippen MR) is 160 cm³/mol. The molecule has 2 heterocycles. The van der Waals surface area contributed by atoms with E-state index in [4.69, 9.17) is 5.11 Å². The smallest absolute Gasteiger partial charge is 0.243 e. The lowest BCUT2D eigenvalue weighted by Gasteiger charge is -2.26. The van der Waals surface area contributed by atoms with E-state index in [1.807, 2.05) is 42.8 Å². The largest absolute Gasteiger partial charge is 0.509 e. The molecular formula is C28H38BrN5O3S. The Kier molecular flexibility index (Phi) is 10.8. The van der Waals surface area contributed by atoms with Crippen LogP contribution in [-0.4, -0.2) is 53.8 Å². The standard InChI is InChI=1S/C28H38BrN5O3S/c1-21-13-10-11-14-22(2)27(21)38(36,37)33(4)18-12-17-30-26-19-24(32-28-25(29)20-31-34(26)28)16-9-7-5-6-8-15-23(3)35/h7-10,13-15,19-20,24,30,32,35H,3,5-6,11-12,16-18H2,1-2,4H3/b9-7-,15-8-. The third-order valence-electron chi connectivity index (χ3n) is 6.27. The number of hydrogen-bond acceptors (Lipinski definition) is 6. The summed E-state index contributed by atoms with van der Waals surface area (Å²) in [5.41, 5.74) is 1.56. The molecular weight excluding hydrogens is 566 g/mol. The lowest BCUT2D eigenvalue weighted by molar-refractivity contribution is 0.435. The first kappa shape index (κ1) is 29.7. The van der Waals surface area contributed by atoms with Gasteiger partial charge in [0.2, 0.25) is 10.0 Å². The Hall–Kier alpha value is -2.82. The van der Waals surface area contributed by atoms with Gasteiger partial charge in [-0.05, 0) is 85.2 Å². The zero-order chi connectivity index (χ0) is 27.7. The summed E-state index contributed by atoms with van der Waals surface area (Å²) < 4.78 is 30.7. The second-order valence-corrected chi connectivity index (χ2v) is 12.2. The Balaban J connectivity index is 1.57. The van der Waals surface area contributed by atoms with Gasteiger partial charge in [-0.25, -0.2) is 17.4 Å². The Morgan fingerprint density at radius 1 is 1.34 bits per heavy atom. The van der Waals surface area contributed by atoms with E-state index in [0.717, 1.165) is 52.9 Å². The van der Waals surface area contributed by atoms with Crippen LogP contribution in [0, 0.1) is 0 Å². The van der Waals surface area contributed by atoms with Crippen molar-refractivity contribution >= 4 is 37.6 Å². The number of anilines is 1. The molecule has 0 spiro atoms. The van der Waals surface area contributed by atoms with Crippen molar-refractivity contribution in [3.8, 4) is 0 Å². The molecule has 3 N–H and O–H groups in total. The van der Waals surface area contributed by atoms with Gasteiger partial charge in [-0.2, -0.15) is 5.10 Å². The summed E-state index contributed by atoms with van der Waals surface area (Å²) in [7, 11) is -1.94. The van der Waals surface area contributed by atoms with Crippen LogP contribution >= 0.6 is 15.9 Å². The van der Waals surface area contributed by atoms with E-state index >= 15 is 0 Å². The van der Waals surface area contributed by atoms with Crippen molar-refractivity contribution in [2.45, 2.75) is 52.0 Å². The quantitative estimate of drug-likeness (QED) is 0.110. The molecule has 0 fully saturated rings. The van der Waals surface area contributed by atoms with Gasteiger partial charge in [0.25, 0.3) is 0 Å². The summed E-state index contributed by atoms with van der Waals surface area (Å²) in [6.07, 6.45) is 21.3. The zero-order valence-electron chi connectivity index (χ0n) is 22.3. The predicted octanol–water partition coefficient (Wildman–Crippen LogP) is 6.01. The fourth-order valence-corrected chi connectivity index (χ4v) is 6.34. The molecule has 1 unspecified atom stereocenters. The first-order valence-electron chi connectivity index (χ1n) is 12.8. The van der Waals surface area contributed by atoms with Gasteiger partial charge in [-0.1, -0.05) is 43.0 Å². The van der Waals surface area contributed by atoms with Crippen LogP contribution in [0.25, 0.3) is 5.82 Å². The molecule has 1 aliphatic carbocycles. The van der Waals surface area contributed by atoms with Gasteiger partial charge in [-0.3, -0.25) is 0 Å². The zero-order valence-corrected chi connectivity index (χ0v) is 24.7. The van der Waals surface area contributed by atoms with E-state index < -0.39 is 10.0 Å². The Bertz CT molecular complexity index is 1300. The summed E-state index contributed by atoms with van der Waals surface area (Å²) in [6.45, 7) is 8.14. The molecule has 10 heteroatoms. The molecule has 0 saturated heterocycles. The maximum atomic E-state index is 13.3. The molecule has 2 aliphatic rings. The van der Waals surface area contributed by atoms with E-state index in [1.54, 1.807) is 19.3 Å². The van der Waals surface area contributed by atoms with Gasteiger partial charge in [-0.15, -0.1) is 0 Å². The Morgan fingerprint density at radius 2 is 2.11 bits per heavy atom. The number of unbranched alkanes of at least 4 members (excludes halogenated alkanes) is 1. The minimum Gasteiger partial charge on any atom is -0.509 e. The van der Waals surface area contributed by atoms with Crippen LogP contribution in [0.3, 0.4) is 0 Å². The summed E-state index contributed by atoms with van der Waals surface area (Å²) in [4.78, 5) is 0.402.